The summed E-state index contributed by atoms with van der Waals surface area (Å²) >= 11 is 0. The van der Waals surface area contributed by atoms with Crippen molar-refractivity contribution in [2.45, 2.75) is 26.7 Å². The van der Waals surface area contributed by atoms with Gasteiger partial charge in [-0.25, -0.2) is 0 Å². The lowest BCUT2D eigenvalue weighted by Crippen LogP contribution is -2.42. The highest BCUT2D eigenvalue weighted by molar-refractivity contribution is 5.94. The fourth-order valence-corrected chi connectivity index (χ4v) is 2.83. The molecule has 0 aromatic carbocycles. The number of pyridine rings is 1. The molecule has 0 spiro atoms. The van der Waals surface area contributed by atoms with Gasteiger partial charge in [0.2, 0.25) is 11.8 Å². The van der Waals surface area contributed by atoms with Crippen molar-refractivity contribution in [3.05, 3.63) is 33.7 Å². The molecule has 8 heteroatoms. The van der Waals surface area contributed by atoms with E-state index in [-0.39, 0.29) is 37.0 Å². The Balaban J connectivity index is 2.27. The van der Waals surface area contributed by atoms with Gasteiger partial charge in [0, 0.05) is 38.8 Å². The van der Waals surface area contributed by atoms with Crippen molar-refractivity contribution in [3.63, 3.8) is 0 Å². The lowest BCUT2D eigenvalue weighted by molar-refractivity contribution is -0.130. The largest absolute Gasteiger partial charge is 0.369 e. The van der Waals surface area contributed by atoms with E-state index in [9.17, 15) is 19.2 Å². The number of H-pyrrole nitrogens is 1. The Kier molecular flexibility index (Phi) is 5.61. The molecule has 1 aliphatic heterocycles. The van der Waals surface area contributed by atoms with Gasteiger partial charge in [-0.1, -0.05) is 13.8 Å². The zero-order valence-electron chi connectivity index (χ0n) is 14.7. The number of nitrogens with zero attached hydrogens (tertiary/aromatic N) is 2. The topological polar surface area (TPSA) is 117 Å². The predicted octanol–water partition coefficient (Wildman–Crippen LogP) is -0.0959. The van der Waals surface area contributed by atoms with Crippen molar-refractivity contribution in [1.29, 1.82) is 0 Å². The van der Waals surface area contributed by atoms with Gasteiger partial charge in [0.25, 0.3) is 11.5 Å². The third kappa shape index (κ3) is 4.26. The van der Waals surface area contributed by atoms with Crippen LogP contribution in [-0.2, 0) is 9.59 Å². The number of aromatic amines is 1. The van der Waals surface area contributed by atoms with Crippen molar-refractivity contribution < 1.29 is 14.4 Å². The molecule has 3 N–H and O–H groups in total. The van der Waals surface area contributed by atoms with Crippen LogP contribution in [0.3, 0.4) is 0 Å². The van der Waals surface area contributed by atoms with Crippen LogP contribution in [0.5, 0.6) is 0 Å². The lowest BCUT2D eigenvalue weighted by atomic mass is 10.1. The summed E-state index contributed by atoms with van der Waals surface area (Å²) < 4.78 is 0. The molecule has 136 valence electrons. The molecule has 25 heavy (non-hydrogen) atoms. The van der Waals surface area contributed by atoms with Crippen LogP contribution in [0.2, 0.25) is 0 Å². The Bertz CT molecular complexity index is 740. The highest BCUT2D eigenvalue weighted by Crippen LogP contribution is 2.14. The third-order valence-electron chi connectivity index (χ3n) is 4.44. The first-order valence-corrected chi connectivity index (χ1v) is 8.28. The number of carbonyl (C=O) groups excluding carboxylic acids is 3. The summed E-state index contributed by atoms with van der Waals surface area (Å²) in [4.78, 5) is 53.9. The molecule has 2 heterocycles. The molecule has 8 nitrogen and oxygen atoms in total. The first kappa shape index (κ1) is 18.7. The first-order chi connectivity index (χ1) is 11.7. The molecule has 1 aliphatic rings. The molecule has 1 fully saturated rings. The summed E-state index contributed by atoms with van der Waals surface area (Å²) in [5, 5.41) is 0. The van der Waals surface area contributed by atoms with Crippen LogP contribution in [0.4, 0.5) is 0 Å². The Morgan fingerprint density at radius 1 is 1.16 bits per heavy atom. The van der Waals surface area contributed by atoms with E-state index in [2.05, 4.69) is 4.98 Å². The van der Waals surface area contributed by atoms with Crippen LogP contribution in [-0.4, -0.2) is 58.7 Å². The predicted molar refractivity (Wildman–Crippen MR) is 92.0 cm³/mol. The second-order valence-corrected chi connectivity index (χ2v) is 6.63. The van der Waals surface area contributed by atoms with Gasteiger partial charge in [-0.05, 0) is 18.1 Å². The summed E-state index contributed by atoms with van der Waals surface area (Å²) in [6.45, 7) is 6.09. The van der Waals surface area contributed by atoms with E-state index >= 15 is 0 Å². The molecule has 1 aromatic rings. The molecule has 0 bridgehead atoms. The van der Waals surface area contributed by atoms with Gasteiger partial charge in [0.1, 0.15) is 5.56 Å². The average Bonchev–Trinajstić information content (AvgIpc) is 2.77. The maximum Gasteiger partial charge on any atom is 0.261 e. The zero-order valence-corrected chi connectivity index (χ0v) is 14.7. The molecule has 0 radical (unpaired) electrons. The van der Waals surface area contributed by atoms with Crippen molar-refractivity contribution in [2.24, 2.45) is 11.7 Å². The van der Waals surface area contributed by atoms with Crippen molar-refractivity contribution in [2.75, 3.05) is 26.2 Å². The number of aromatic nitrogens is 1. The van der Waals surface area contributed by atoms with Crippen molar-refractivity contribution >= 4 is 17.7 Å². The summed E-state index contributed by atoms with van der Waals surface area (Å²) in [6.07, 6.45) is 0. The number of hydrogen-bond acceptors (Lipinski definition) is 4. The normalized spacial score (nSPS) is 18.2. The summed E-state index contributed by atoms with van der Waals surface area (Å²) in [5.74, 6) is -1.74. The van der Waals surface area contributed by atoms with Crippen LogP contribution < -0.4 is 11.3 Å². The van der Waals surface area contributed by atoms with Gasteiger partial charge >= 0.3 is 0 Å². The molecular weight excluding hydrogens is 324 g/mol. The Morgan fingerprint density at radius 2 is 1.76 bits per heavy atom. The minimum atomic E-state index is -0.663. The third-order valence-corrected chi connectivity index (χ3v) is 4.44. The van der Waals surface area contributed by atoms with Crippen LogP contribution >= 0.6 is 0 Å². The van der Waals surface area contributed by atoms with E-state index in [1.807, 2.05) is 13.8 Å². The van der Waals surface area contributed by atoms with Gasteiger partial charge in [-0.15, -0.1) is 0 Å². The highest BCUT2D eigenvalue weighted by atomic mass is 16.2. The van der Waals surface area contributed by atoms with Crippen molar-refractivity contribution in [3.8, 4) is 0 Å². The SMILES string of the molecule is CC(=O)N1CCN(C(=O)c2ccc(C(C)C)[nH]c2=O)C[C@H](C(N)=O)C1. The van der Waals surface area contributed by atoms with E-state index in [1.165, 1.54) is 22.8 Å². The molecule has 0 aliphatic carbocycles. The maximum absolute atomic E-state index is 12.7. The van der Waals surface area contributed by atoms with Gasteiger partial charge in [-0.2, -0.15) is 0 Å². The molecule has 1 atom stereocenters. The molecule has 1 aromatic heterocycles. The minimum absolute atomic E-state index is 0.0175. The number of rotatable bonds is 3. The van der Waals surface area contributed by atoms with Crippen LogP contribution in [0, 0.1) is 5.92 Å². The van der Waals surface area contributed by atoms with Crippen LogP contribution in [0.15, 0.2) is 16.9 Å². The lowest BCUT2D eigenvalue weighted by Gasteiger charge is -2.22. The van der Waals surface area contributed by atoms with E-state index in [4.69, 9.17) is 5.73 Å². The number of hydrogen-bond donors (Lipinski definition) is 2. The smallest absolute Gasteiger partial charge is 0.261 e. The minimum Gasteiger partial charge on any atom is -0.369 e. The number of nitrogens with two attached hydrogens (primary N) is 1. The molecule has 1 saturated heterocycles. The van der Waals surface area contributed by atoms with E-state index in [0.717, 1.165) is 5.69 Å². The van der Waals surface area contributed by atoms with Gasteiger partial charge in [-0.3, -0.25) is 19.2 Å². The first-order valence-electron chi connectivity index (χ1n) is 8.28. The zero-order chi connectivity index (χ0) is 18.7. The fourth-order valence-electron chi connectivity index (χ4n) is 2.83. The molecular formula is C17H24N4O4. The highest BCUT2D eigenvalue weighted by Gasteiger charge is 2.31. The van der Waals surface area contributed by atoms with E-state index in [1.54, 1.807) is 6.07 Å². The quantitative estimate of drug-likeness (QED) is 0.793. The van der Waals surface area contributed by atoms with Gasteiger partial charge < -0.3 is 20.5 Å². The van der Waals surface area contributed by atoms with E-state index in [0.29, 0.717) is 6.54 Å². The number of carbonyl (C=O) groups is 3. The molecule has 2 rings (SSSR count). The second-order valence-electron chi connectivity index (χ2n) is 6.63. The van der Waals surface area contributed by atoms with Crippen LogP contribution in [0.1, 0.15) is 42.7 Å². The fraction of sp³-hybridized carbons (Fsp3) is 0.529. The number of primary amides is 1. The Hall–Kier alpha value is -2.64. The maximum atomic E-state index is 12.7. The summed E-state index contributed by atoms with van der Waals surface area (Å²) in [5.41, 5.74) is 5.70. The van der Waals surface area contributed by atoms with Gasteiger partial charge in [0.15, 0.2) is 0 Å². The monoisotopic (exact) mass is 348 g/mol. The average molecular weight is 348 g/mol. The standard InChI is InChI=1S/C17H24N4O4/c1-10(2)14-5-4-13(16(24)19-14)17(25)21-7-6-20(11(3)22)8-12(9-21)15(18)23/h4-5,10,12H,6-9H2,1-3H3,(H2,18,23)(H,19,24)/t12-/m1/s1. The number of amides is 3. The second kappa shape index (κ2) is 7.50. The molecule has 0 unspecified atom stereocenters. The van der Waals surface area contributed by atoms with Crippen LogP contribution in [0.25, 0.3) is 0 Å². The van der Waals surface area contributed by atoms with E-state index < -0.39 is 23.3 Å². The number of nitrogens with one attached hydrogen (secondary N) is 1. The van der Waals surface area contributed by atoms with Crippen molar-refractivity contribution in [1.82, 2.24) is 14.8 Å². The molecule has 0 saturated carbocycles. The molecule has 3 amide bonds. The van der Waals surface area contributed by atoms with Gasteiger partial charge in [0.05, 0.1) is 5.92 Å². The summed E-state index contributed by atoms with van der Waals surface area (Å²) in [7, 11) is 0. The Morgan fingerprint density at radius 3 is 2.28 bits per heavy atom. The Labute approximate surface area is 146 Å². The summed E-state index contributed by atoms with van der Waals surface area (Å²) in [6, 6.07) is 3.22.